The quantitative estimate of drug-likeness (QED) is 0.211. The molecule has 4 rings (SSSR count). The highest BCUT2D eigenvalue weighted by molar-refractivity contribution is 7.07. The summed E-state index contributed by atoms with van der Waals surface area (Å²) in [7, 11) is 0. The zero-order valence-corrected chi connectivity index (χ0v) is 23.6. The van der Waals surface area contributed by atoms with Gasteiger partial charge in [0.25, 0.3) is 5.56 Å². The van der Waals surface area contributed by atoms with Gasteiger partial charge in [-0.25, -0.2) is 9.79 Å². The van der Waals surface area contributed by atoms with Crippen molar-refractivity contribution >= 4 is 29.4 Å². The number of allylic oxidation sites excluding steroid dienone is 1. The molecule has 1 aliphatic rings. The lowest BCUT2D eigenvalue weighted by atomic mass is 9.96. The number of ether oxygens (including phenoxy) is 4. The van der Waals surface area contributed by atoms with Gasteiger partial charge in [0.15, 0.2) is 16.3 Å². The number of carbonyl (C=O) groups excluding carboxylic acids is 2. The van der Waals surface area contributed by atoms with Crippen LogP contribution in [0.3, 0.4) is 0 Å². The van der Waals surface area contributed by atoms with Crippen LogP contribution in [0.25, 0.3) is 6.08 Å². The molecule has 40 heavy (non-hydrogen) atoms. The third-order valence-corrected chi connectivity index (χ3v) is 6.88. The maximum absolute atomic E-state index is 13.8. The molecule has 0 bridgehead atoms. The number of carbonyl (C=O) groups is 2. The van der Waals surface area contributed by atoms with Crippen LogP contribution in [-0.4, -0.2) is 36.3 Å². The van der Waals surface area contributed by atoms with Gasteiger partial charge >= 0.3 is 11.9 Å². The number of hydrogen-bond acceptors (Lipinski definition) is 9. The molecule has 0 saturated heterocycles. The first kappa shape index (κ1) is 28.6. The molecule has 9 nitrogen and oxygen atoms in total. The van der Waals surface area contributed by atoms with E-state index in [2.05, 4.69) is 11.6 Å². The van der Waals surface area contributed by atoms with E-state index >= 15 is 0 Å². The first-order chi connectivity index (χ1) is 19.3. The minimum absolute atomic E-state index is 0.187. The Bertz CT molecular complexity index is 1650. The van der Waals surface area contributed by atoms with Crippen molar-refractivity contribution in [1.82, 2.24) is 4.57 Å². The Morgan fingerprint density at radius 1 is 1.07 bits per heavy atom. The van der Waals surface area contributed by atoms with Crippen LogP contribution in [0.4, 0.5) is 0 Å². The fraction of sp³-hybridized carbons (Fsp3) is 0.267. The number of nitrogens with zero attached hydrogens (tertiary/aromatic N) is 2. The summed E-state index contributed by atoms with van der Waals surface area (Å²) in [4.78, 5) is 43.5. The summed E-state index contributed by atoms with van der Waals surface area (Å²) < 4.78 is 23.8. The van der Waals surface area contributed by atoms with Gasteiger partial charge in [0.1, 0.15) is 12.4 Å². The lowest BCUT2D eigenvalue weighted by molar-refractivity contribution is -0.139. The van der Waals surface area contributed by atoms with E-state index in [4.69, 9.17) is 18.9 Å². The van der Waals surface area contributed by atoms with E-state index in [1.165, 1.54) is 22.8 Å². The van der Waals surface area contributed by atoms with Crippen molar-refractivity contribution in [1.29, 1.82) is 0 Å². The normalized spacial score (nSPS) is 14.7. The van der Waals surface area contributed by atoms with E-state index in [1.54, 1.807) is 56.3 Å². The molecule has 0 spiro atoms. The summed E-state index contributed by atoms with van der Waals surface area (Å²) in [6, 6.07) is 11.5. The SMILES string of the molecule is C=CCOc1ccc(C2C(C(=O)OCC)=C(C)N=c3s/c(=C\c4ccc(OC(C)=O)c(OCC)c4)c(=O)n32)cc1. The largest absolute Gasteiger partial charge is 0.490 e. The van der Waals surface area contributed by atoms with Crippen LogP contribution in [-0.2, 0) is 14.3 Å². The molecule has 1 aliphatic heterocycles. The second-order valence-electron chi connectivity index (χ2n) is 8.70. The predicted molar refractivity (Wildman–Crippen MR) is 151 cm³/mol. The maximum atomic E-state index is 13.8. The summed E-state index contributed by atoms with van der Waals surface area (Å²) in [5.74, 6) is 0.323. The second-order valence-corrected chi connectivity index (χ2v) is 9.71. The molecule has 10 heteroatoms. The molecule has 0 N–H and O–H groups in total. The van der Waals surface area contributed by atoms with Gasteiger partial charge in [-0.2, -0.15) is 0 Å². The molecular formula is C30H30N2O7S. The summed E-state index contributed by atoms with van der Waals surface area (Å²) in [5.41, 5.74) is 1.85. The van der Waals surface area contributed by atoms with Gasteiger partial charge in [-0.1, -0.05) is 42.2 Å². The fourth-order valence-corrected chi connectivity index (χ4v) is 5.33. The van der Waals surface area contributed by atoms with Crippen LogP contribution < -0.4 is 29.1 Å². The van der Waals surface area contributed by atoms with Crippen LogP contribution >= 0.6 is 11.3 Å². The third kappa shape index (κ3) is 6.07. The van der Waals surface area contributed by atoms with E-state index in [9.17, 15) is 14.4 Å². The van der Waals surface area contributed by atoms with Crippen LogP contribution in [0.15, 0.2) is 76.2 Å². The maximum Gasteiger partial charge on any atom is 0.338 e. The van der Waals surface area contributed by atoms with Gasteiger partial charge in [-0.15, -0.1) is 0 Å². The lowest BCUT2D eigenvalue weighted by Crippen LogP contribution is -2.39. The minimum atomic E-state index is -0.740. The summed E-state index contributed by atoms with van der Waals surface area (Å²) in [5, 5.41) is 0. The van der Waals surface area contributed by atoms with E-state index in [0.717, 1.165) is 0 Å². The molecule has 1 unspecified atom stereocenters. The number of benzene rings is 2. The molecule has 1 aromatic heterocycles. The van der Waals surface area contributed by atoms with E-state index in [0.29, 0.717) is 62.2 Å². The van der Waals surface area contributed by atoms with Crippen molar-refractivity contribution < 1.29 is 28.5 Å². The van der Waals surface area contributed by atoms with Crippen molar-refractivity contribution in [2.45, 2.75) is 33.7 Å². The van der Waals surface area contributed by atoms with Gasteiger partial charge in [0.05, 0.1) is 35.1 Å². The van der Waals surface area contributed by atoms with E-state index < -0.39 is 18.0 Å². The number of rotatable bonds is 10. The molecule has 0 aliphatic carbocycles. The first-order valence-electron chi connectivity index (χ1n) is 12.8. The fourth-order valence-electron chi connectivity index (χ4n) is 4.28. The van der Waals surface area contributed by atoms with Gasteiger partial charge < -0.3 is 18.9 Å². The summed E-state index contributed by atoms with van der Waals surface area (Å²) >= 11 is 1.21. The number of aromatic nitrogens is 1. The Labute approximate surface area is 235 Å². The topological polar surface area (TPSA) is 105 Å². The van der Waals surface area contributed by atoms with E-state index in [1.807, 2.05) is 19.1 Å². The Hall–Kier alpha value is -4.44. The van der Waals surface area contributed by atoms with Gasteiger partial charge in [-0.3, -0.25) is 14.2 Å². The van der Waals surface area contributed by atoms with Gasteiger partial charge in [0, 0.05) is 6.92 Å². The van der Waals surface area contributed by atoms with Crippen LogP contribution in [0.5, 0.6) is 17.2 Å². The molecule has 2 heterocycles. The van der Waals surface area contributed by atoms with Gasteiger partial charge in [-0.05, 0) is 62.2 Å². The summed E-state index contributed by atoms with van der Waals surface area (Å²) in [6.07, 6.45) is 3.37. The van der Waals surface area contributed by atoms with Crippen molar-refractivity contribution in [2.24, 2.45) is 4.99 Å². The van der Waals surface area contributed by atoms with Crippen LogP contribution in [0.1, 0.15) is 44.9 Å². The number of thiazole rings is 1. The molecule has 2 aromatic carbocycles. The second kappa shape index (κ2) is 12.6. The molecule has 0 fully saturated rings. The molecule has 0 amide bonds. The monoisotopic (exact) mass is 562 g/mol. The molecule has 3 aromatic rings. The average molecular weight is 563 g/mol. The predicted octanol–water partition coefficient (Wildman–Crippen LogP) is 3.69. The molecule has 0 saturated carbocycles. The number of esters is 2. The standard InChI is InChI=1S/C30H30N2O7S/c1-6-15-38-22-12-10-21(11-13-22)27-26(29(35)37-8-3)18(4)31-30-32(27)28(34)25(40-30)17-20-9-14-23(39-19(5)33)24(16-20)36-7-2/h6,9-14,16-17,27H,1,7-8,15H2,2-5H3/b25-17-. The Balaban J connectivity index is 1.85. The molecular weight excluding hydrogens is 532 g/mol. The van der Waals surface area contributed by atoms with Crippen molar-refractivity contribution in [3.05, 3.63) is 97.2 Å². The number of hydrogen-bond donors (Lipinski definition) is 0. The zero-order chi connectivity index (χ0) is 28.8. The van der Waals surface area contributed by atoms with Crippen molar-refractivity contribution in [2.75, 3.05) is 19.8 Å². The number of fused-ring (bicyclic) bond motifs is 1. The van der Waals surface area contributed by atoms with Crippen LogP contribution in [0.2, 0.25) is 0 Å². The van der Waals surface area contributed by atoms with Crippen molar-refractivity contribution in [3.63, 3.8) is 0 Å². The minimum Gasteiger partial charge on any atom is -0.490 e. The zero-order valence-electron chi connectivity index (χ0n) is 22.8. The van der Waals surface area contributed by atoms with Gasteiger partial charge in [0.2, 0.25) is 0 Å². The first-order valence-corrected chi connectivity index (χ1v) is 13.6. The Morgan fingerprint density at radius 2 is 1.82 bits per heavy atom. The lowest BCUT2D eigenvalue weighted by Gasteiger charge is -2.24. The highest BCUT2D eigenvalue weighted by Gasteiger charge is 2.33. The Kier molecular flexibility index (Phi) is 9.00. The van der Waals surface area contributed by atoms with Crippen LogP contribution in [0, 0.1) is 0 Å². The summed E-state index contributed by atoms with van der Waals surface area (Å²) in [6.45, 7) is 11.2. The average Bonchev–Trinajstić information content (AvgIpc) is 3.22. The molecule has 208 valence electrons. The highest BCUT2D eigenvalue weighted by Crippen LogP contribution is 2.32. The Morgan fingerprint density at radius 3 is 2.48 bits per heavy atom. The molecule has 1 atom stereocenters. The molecule has 0 radical (unpaired) electrons. The highest BCUT2D eigenvalue weighted by atomic mass is 32.1. The van der Waals surface area contributed by atoms with Crippen molar-refractivity contribution in [3.8, 4) is 17.2 Å². The van der Waals surface area contributed by atoms with E-state index in [-0.39, 0.29) is 12.2 Å². The third-order valence-electron chi connectivity index (χ3n) is 5.90. The smallest absolute Gasteiger partial charge is 0.338 e.